The lowest BCUT2D eigenvalue weighted by atomic mass is 10.2. The number of hydrogen-bond donors (Lipinski definition) is 2. The van der Waals surface area contributed by atoms with Gasteiger partial charge >= 0.3 is 0 Å². The Morgan fingerprint density at radius 3 is 2.55 bits per heavy atom. The Hall–Kier alpha value is -1.66. The van der Waals surface area contributed by atoms with Gasteiger partial charge in [-0.2, -0.15) is 0 Å². The van der Waals surface area contributed by atoms with Crippen LogP contribution in [0.1, 0.15) is 23.7 Å². The number of rotatable bonds is 7. The molecule has 0 aliphatic heterocycles. The van der Waals surface area contributed by atoms with Crippen LogP contribution in [0.5, 0.6) is 5.75 Å². The van der Waals surface area contributed by atoms with Gasteiger partial charge in [0.1, 0.15) is 5.75 Å². The fraction of sp³-hybridized carbons (Fsp3) is 0.429. The molecule has 1 aromatic carbocycles. The molecule has 0 fully saturated rings. The highest BCUT2D eigenvalue weighted by Crippen LogP contribution is 2.12. The van der Waals surface area contributed by atoms with Crippen molar-refractivity contribution < 1.29 is 14.3 Å². The average Bonchev–Trinajstić information content (AvgIpc) is 2.46. The van der Waals surface area contributed by atoms with E-state index in [2.05, 4.69) is 10.6 Å². The van der Waals surface area contributed by atoms with Gasteiger partial charge in [-0.15, -0.1) is 0 Å². The summed E-state index contributed by atoms with van der Waals surface area (Å²) in [6, 6.07) is 6.95. The molecule has 1 rings (SSSR count). The molecule has 6 heteroatoms. The van der Waals surface area contributed by atoms with Crippen molar-refractivity contribution in [2.45, 2.75) is 13.3 Å². The average molecular weight is 296 g/mol. The minimum absolute atomic E-state index is 0.248. The van der Waals surface area contributed by atoms with Gasteiger partial charge in [0, 0.05) is 19.2 Å². The van der Waals surface area contributed by atoms with Gasteiger partial charge in [0.2, 0.25) is 0 Å². The van der Waals surface area contributed by atoms with Crippen molar-refractivity contribution in [3.8, 4) is 5.75 Å². The minimum Gasteiger partial charge on any atom is -0.494 e. The molecule has 20 heavy (non-hydrogen) atoms. The number of carbonyl (C=O) groups is 1. The third-order valence-corrected chi connectivity index (χ3v) is 2.65. The summed E-state index contributed by atoms with van der Waals surface area (Å²) < 4.78 is 10.3. The molecule has 0 aliphatic carbocycles. The van der Waals surface area contributed by atoms with E-state index in [1.165, 1.54) is 0 Å². The Morgan fingerprint density at radius 1 is 1.25 bits per heavy atom. The first-order valence-corrected chi connectivity index (χ1v) is 6.89. The van der Waals surface area contributed by atoms with Crippen molar-refractivity contribution in [2.24, 2.45) is 0 Å². The Bertz CT molecular complexity index is 435. The second-order valence-electron chi connectivity index (χ2n) is 4.08. The molecule has 0 unspecified atom stereocenters. The summed E-state index contributed by atoms with van der Waals surface area (Å²) in [6.07, 6.45) is 0.948. The zero-order chi connectivity index (χ0) is 14.8. The van der Waals surface area contributed by atoms with Gasteiger partial charge in [0.25, 0.3) is 5.91 Å². The molecule has 0 spiro atoms. The van der Waals surface area contributed by atoms with E-state index < -0.39 is 0 Å². The SMILES string of the molecule is CCCOc1ccc(C(=O)NC(=S)NCCOC)cc1. The minimum atomic E-state index is -0.248. The summed E-state index contributed by atoms with van der Waals surface area (Å²) in [7, 11) is 1.60. The highest BCUT2D eigenvalue weighted by molar-refractivity contribution is 7.80. The Morgan fingerprint density at radius 2 is 1.95 bits per heavy atom. The predicted octanol–water partition coefficient (Wildman–Crippen LogP) is 1.73. The van der Waals surface area contributed by atoms with Crippen LogP contribution >= 0.6 is 12.2 Å². The first kappa shape index (κ1) is 16.4. The summed E-state index contributed by atoms with van der Waals surface area (Å²) in [5, 5.41) is 5.77. The van der Waals surface area contributed by atoms with Crippen molar-refractivity contribution in [3.63, 3.8) is 0 Å². The maximum Gasteiger partial charge on any atom is 0.257 e. The molecule has 0 bridgehead atoms. The van der Waals surface area contributed by atoms with Crippen molar-refractivity contribution in [3.05, 3.63) is 29.8 Å². The number of nitrogens with one attached hydrogen (secondary N) is 2. The Labute approximate surface area is 124 Å². The van der Waals surface area contributed by atoms with E-state index in [-0.39, 0.29) is 5.91 Å². The number of methoxy groups -OCH3 is 1. The highest BCUT2D eigenvalue weighted by Gasteiger charge is 2.07. The molecular weight excluding hydrogens is 276 g/mol. The van der Waals surface area contributed by atoms with Crippen molar-refractivity contribution >= 4 is 23.2 Å². The molecule has 110 valence electrons. The van der Waals surface area contributed by atoms with Gasteiger partial charge in [0.05, 0.1) is 13.2 Å². The maximum atomic E-state index is 11.9. The first-order chi connectivity index (χ1) is 9.67. The van der Waals surface area contributed by atoms with E-state index in [1.807, 2.05) is 6.92 Å². The molecule has 5 nitrogen and oxygen atoms in total. The second kappa shape index (κ2) is 9.28. The summed E-state index contributed by atoms with van der Waals surface area (Å²) in [5.41, 5.74) is 0.532. The molecule has 1 aromatic rings. The standard InChI is InChI=1S/C14H20N2O3S/c1-3-9-19-12-6-4-11(5-7-12)13(17)16-14(20)15-8-10-18-2/h4-7H,3,8-10H2,1-2H3,(H2,15,16,17,20). The van der Waals surface area contributed by atoms with Crippen molar-refractivity contribution in [2.75, 3.05) is 26.9 Å². The quantitative estimate of drug-likeness (QED) is 0.593. The number of amides is 1. The number of benzene rings is 1. The molecule has 0 saturated heterocycles. The number of thiocarbonyl (C=S) groups is 1. The van der Waals surface area contributed by atoms with Crippen LogP contribution < -0.4 is 15.4 Å². The fourth-order valence-electron chi connectivity index (χ4n) is 1.41. The number of ether oxygens (including phenoxy) is 2. The van der Waals surface area contributed by atoms with E-state index in [0.717, 1.165) is 12.2 Å². The second-order valence-corrected chi connectivity index (χ2v) is 4.48. The van der Waals surface area contributed by atoms with Gasteiger partial charge in [0.15, 0.2) is 5.11 Å². The normalized spacial score (nSPS) is 9.90. The number of hydrogen-bond acceptors (Lipinski definition) is 4. The lowest BCUT2D eigenvalue weighted by Gasteiger charge is -2.09. The molecule has 0 radical (unpaired) electrons. The van der Waals surface area contributed by atoms with Gasteiger partial charge < -0.3 is 14.8 Å². The molecule has 0 atom stereocenters. The molecule has 1 amide bonds. The smallest absolute Gasteiger partial charge is 0.257 e. The summed E-state index contributed by atoms with van der Waals surface area (Å²) in [6.45, 7) is 3.79. The van der Waals surface area contributed by atoms with E-state index in [1.54, 1.807) is 31.4 Å². The summed E-state index contributed by atoms with van der Waals surface area (Å²) >= 11 is 5.00. The zero-order valence-corrected chi connectivity index (χ0v) is 12.6. The molecule has 2 N–H and O–H groups in total. The fourth-order valence-corrected chi connectivity index (χ4v) is 1.60. The highest BCUT2D eigenvalue weighted by atomic mass is 32.1. The molecular formula is C14H20N2O3S. The van der Waals surface area contributed by atoms with Crippen LogP contribution in [0.25, 0.3) is 0 Å². The van der Waals surface area contributed by atoms with Crippen molar-refractivity contribution in [1.82, 2.24) is 10.6 Å². The Kier molecular flexibility index (Phi) is 7.60. The molecule has 0 aliphatic rings. The number of carbonyl (C=O) groups excluding carboxylic acids is 1. The van der Waals surface area contributed by atoms with E-state index in [4.69, 9.17) is 21.7 Å². The largest absolute Gasteiger partial charge is 0.494 e. The van der Waals surface area contributed by atoms with Crippen LogP contribution in [0.4, 0.5) is 0 Å². The van der Waals surface area contributed by atoms with Gasteiger partial charge in [-0.3, -0.25) is 10.1 Å². The zero-order valence-electron chi connectivity index (χ0n) is 11.8. The third kappa shape index (κ3) is 5.99. The van der Waals surface area contributed by atoms with Crippen LogP contribution in [0.2, 0.25) is 0 Å². The van der Waals surface area contributed by atoms with Crippen LogP contribution in [0, 0.1) is 0 Å². The maximum absolute atomic E-state index is 11.9. The summed E-state index contributed by atoms with van der Waals surface area (Å²) in [4.78, 5) is 11.9. The van der Waals surface area contributed by atoms with Crippen LogP contribution in [0.3, 0.4) is 0 Å². The van der Waals surface area contributed by atoms with Crippen LogP contribution in [-0.2, 0) is 4.74 Å². The predicted molar refractivity (Wildman–Crippen MR) is 82.2 cm³/mol. The monoisotopic (exact) mass is 296 g/mol. The van der Waals surface area contributed by atoms with Gasteiger partial charge in [-0.05, 0) is 42.9 Å². The van der Waals surface area contributed by atoms with Gasteiger partial charge in [-0.25, -0.2) is 0 Å². The Balaban J connectivity index is 2.44. The topological polar surface area (TPSA) is 59.6 Å². The van der Waals surface area contributed by atoms with Crippen molar-refractivity contribution in [1.29, 1.82) is 0 Å². The molecule has 0 aromatic heterocycles. The van der Waals surface area contributed by atoms with Crippen LogP contribution in [-0.4, -0.2) is 37.9 Å². The lowest BCUT2D eigenvalue weighted by molar-refractivity contribution is 0.0976. The van der Waals surface area contributed by atoms with E-state index >= 15 is 0 Å². The first-order valence-electron chi connectivity index (χ1n) is 6.48. The van der Waals surface area contributed by atoms with Gasteiger partial charge in [-0.1, -0.05) is 6.92 Å². The van der Waals surface area contributed by atoms with Crippen LogP contribution in [0.15, 0.2) is 24.3 Å². The lowest BCUT2D eigenvalue weighted by Crippen LogP contribution is -2.40. The third-order valence-electron chi connectivity index (χ3n) is 2.41. The molecule has 0 heterocycles. The van der Waals surface area contributed by atoms with E-state index in [0.29, 0.717) is 30.4 Å². The summed E-state index contributed by atoms with van der Waals surface area (Å²) in [5.74, 6) is 0.506. The molecule has 0 saturated carbocycles. The van der Waals surface area contributed by atoms with E-state index in [9.17, 15) is 4.79 Å².